The summed E-state index contributed by atoms with van der Waals surface area (Å²) in [5.41, 5.74) is 3.45. The molecule has 0 aromatic heterocycles. The molecule has 1 aliphatic heterocycles. The molecule has 1 aromatic carbocycles. The van der Waals surface area contributed by atoms with Gasteiger partial charge in [0.15, 0.2) is 0 Å². The van der Waals surface area contributed by atoms with Crippen molar-refractivity contribution in [1.82, 2.24) is 5.32 Å². The summed E-state index contributed by atoms with van der Waals surface area (Å²) in [5.74, 6) is 0. The van der Waals surface area contributed by atoms with Crippen LogP contribution in [0.1, 0.15) is 51.5 Å². The average Bonchev–Trinajstić information content (AvgIpc) is 3.36. The van der Waals surface area contributed by atoms with Gasteiger partial charge in [-0.3, -0.25) is 0 Å². The maximum Gasteiger partial charge on any atom is 0.0398 e. The highest BCUT2D eigenvalue weighted by Crippen LogP contribution is 2.34. The smallest absolute Gasteiger partial charge is 0.0398 e. The van der Waals surface area contributed by atoms with Crippen LogP contribution in [0.4, 0.5) is 5.69 Å². The lowest BCUT2D eigenvalue weighted by atomic mass is 9.81. The molecule has 0 atom stereocenters. The molecule has 2 aliphatic rings. The first-order valence-electron chi connectivity index (χ1n) is 8.82. The number of anilines is 1. The Morgan fingerprint density at radius 3 is 2.67 bits per heavy atom. The molecule has 1 aliphatic carbocycles. The van der Waals surface area contributed by atoms with Gasteiger partial charge in [-0.25, -0.2) is 0 Å². The maximum absolute atomic E-state index is 3.79. The molecule has 0 spiro atoms. The molecule has 3 rings (SSSR count). The highest BCUT2D eigenvalue weighted by Gasteiger charge is 2.32. The summed E-state index contributed by atoms with van der Waals surface area (Å²) in [4.78, 5) is 2.65. The molecule has 1 N–H and O–H groups in total. The zero-order valence-corrected chi connectivity index (χ0v) is 13.7. The largest absolute Gasteiger partial charge is 0.371 e. The minimum absolute atomic E-state index is 0.424. The zero-order chi connectivity index (χ0) is 14.7. The van der Waals surface area contributed by atoms with E-state index in [0.29, 0.717) is 5.41 Å². The fourth-order valence-corrected chi connectivity index (χ4v) is 3.61. The van der Waals surface area contributed by atoms with Crippen LogP contribution >= 0.6 is 0 Å². The van der Waals surface area contributed by atoms with E-state index in [1.54, 1.807) is 5.56 Å². The van der Waals surface area contributed by atoms with Crippen molar-refractivity contribution in [2.45, 2.75) is 58.4 Å². The van der Waals surface area contributed by atoms with Crippen molar-refractivity contribution in [3.8, 4) is 0 Å². The fraction of sp³-hybridized carbons (Fsp3) is 0.684. The van der Waals surface area contributed by atoms with Crippen LogP contribution in [0.3, 0.4) is 0 Å². The van der Waals surface area contributed by atoms with E-state index in [9.17, 15) is 0 Å². The van der Waals surface area contributed by atoms with E-state index >= 15 is 0 Å². The van der Waals surface area contributed by atoms with Crippen LogP contribution in [0.2, 0.25) is 0 Å². The predicted molar refractivity (Wildman–Crippen MR) is 91.0 cm³/mol. The van der Waals surface area contributed by atoms with Gasteiger partial charge in [0.1, 0.15) is 0 Å². The lowest BCUT2D eigenvalue weighted by Crippen LogP contribution is -2.45. The molecule has 1 heterocycles. The van der Waals surface area contributed by atoms with Crippen LogP contribution < -0.4 is 10.2 Å². The third-order valence-corrected chi connectivity index (χ3v) is 5.58. The van der Waals surface area contributed by atoms with Crippen molar-refractivity contribution in [3.63, 3.8) is 0 Å². The molecule has 116 valence electrons. The van der Waals surface area contributed by atoms with Crippen molar-refractivity contribution >= 4 is 5.69 Å². The van der Waals surface area contributed by atoms with Gasteiger partial charge in [-0.2, -0.15) is 0 Å². The normalized spacial score (nSPS) is 18.7. The van der Waals surface area contributed by atoms with Crippen LogP contribution in [0.15, 0.2) is 24.3 Å². The van der Waals surface area contributed by atoms with E-state index in [1.165, 1.54) is 63.8 Å². The number of para-hydroxylation sites is 1. The molecule has 0 amide bonds. The monoisotopic (exact) mass is 286 g/mol. The SMILES string of the molecule is CCC(CC)(CNC1CC1)CN1CCCc2ccccc21. The number of hydrogen-bond acceptors (Lipinski definition) is 2. The van der Waals surface area contributed by atoms with Crippen molar-refractivity contribution in [3.05, 3.63) is 29.8 Å². The highest BCUT2D eigenvalue weighted by atomic mass is 15.1. The van der Waals surface area contributed by atoms with Gasteiger partial charge in [-0.1, -0.05) is 32.0 Å². The van der Waals surface area contributed by atoms with Gasteiger partial charge in [0.25, 0.3) is 0 Å². The molecule has 0 radical (unpaired) electrons. The van der Waals surface area contributed by atoms with E-state index in [1.807, 2.05) is 0 Å². The Morgan fingerprint density at radius 2 is 1.95 bits per heavy atom. The number of benzene rings is 1. The first-order valence-corrected chi connectivity index (χ1v) is 8.82. The molecular weight excluding hydrogens is 256 g/mol. The maximum atomic E-state index is 3.79. The van der Waals surface area contributed by atoms with Crippen molar-refractivity contribution in [2.24, 2.45) is 5.41 Å². The predicted octanol–water partition coefficient (Wildman–Crippen LogP) is 4.00. The Bertz CT molecular complexity index is 460. The molecule has 0 saturated heterocycles. The molecule has 1 fully saturated rings. The fourth-order valence-electron chi connectivity index (χ4n) is 3.61. The van der Waals surface area contributed by atoms with Gasteiger partial charge in [0.05, 0.1) is 0 Å². The molecule has 1 aromatic rings. The molecular formula is C19H30N2. The second kappa shape index (κ2) is 6.39. The minimum atomic E-state index is 0.424. The highest BCUT2D eigenvalue weighted by molar-refractivity contribution is 5.55. The number of hydrogen-bond donors (Lipinski definition) is 1. The van der Waals surface area contributed by atoms with E-state index in [-0.39, 0.29) is 0 Å². The van der Waals surface area contributed by atoms with Crippen LogP contribution in [0.25, 0.3) is 0 Å². The first kappa shape index (κ1) is 14.9. The van der Waals surface area contributed by atoms with Crippen molar-refractivity contribution < 1.29 is 0 Å². The van der Waals surface area contributed by atoms with Gasteiger partial charge in [-0.05, 0) is 55.6 Å². The van der Waals surface area contributed by atoms with E-state index in [4.69, 9.17) is 0 Å². The van der Waals surface area contributed by atoms with E-state index in [2.05, 4.69) is 48.3 Å². The van der Waals surface area contributed by atoms with Gasteiger partial charge in [0, 0.05) is 31.4 Å². The number of fused-ring (bicyclic) bond motifs is 1. The number of rotatable bonds is 7. The standard InChI is InChI=1S/C19H30N2/c1-3-19(4-2,14-20-17-11-12-17)15-21-13-7-9-16-8-5-6-10-18(16)21/h5-6,8,10,17,20H,3-4,7,9,11-15H2,1-2H3. The summed E-state index contributed by atoms with van der Waals surface area (Å²) in [6.07, 6.45) is 7.85. The van der Waals surface area contributed by atoms with Crippen LogP contribution in [0, 0.1) is 5.41 Å². The third-order valence-electron chi connectivity index (χ3n) is 5.58. The summed E-state index contributed by atoms with van der Waals surface area (Å²) in [5, 5.41) is 3.79. The molecule has 2 nitrogen and oxygen atoms in total. The van der Waals surface area contributed by atoms with Crippen LogP contribution in [-0.4, -0.2) is 25.7 Å². The zero-order valence-electron chi connectivity index (χ0n) is 13.7. The lowest BCUT2D eigenvalue weighted by Gasteiger charge is -2.41. The van der Waals surface area contributed by atoms with Crippen molar-refractivity contribution in [1.29, 1.82) is 0 Å². The van der Waals surface area contributed by atoms with Gasteiger partial charge in [-0.15, -0.1) is 0 Å². The Morgan fingerprint density at radius 1 is 1.19 bits per heavy atom. The Balaban J connectivity index is 1.73. The Kier molecular flexibility index (Phi) is 4.54. The molecule has 0 unspecified atom stereocenters. The quantitative estimate of drug-likeness (QED) is 0.815. The van der Waals surface area contributed by atoms with Gasteiger partial charge >= 0.3 is 0 Å². The van der Waals surface area contributed by atoms with Gasteiger partial charge in [0.2, 0.25) is 0 Å². The Hall–Kier alpha value is -1.02. The molecule has 1 saturated carbocycles. The van der Waals surface area contributed by atoms with Crippen LogP contribution in [-0.2, 0) is 6.42 Å². The number of aryl methyl sites for hydroxylation is 1. The second-order valence-corrected chi connectivity index (χ2v) is 7.02. The van der Waals surface area contributed by atoms with E-state index < -0.39 is 0 Å². The summed E-state index contributed by atoms with van der Waals surface area (Å²) < 4.78 is 0. The summed E-state index contributed by atoms with van der Waals surface area (Å²) in [6.45, 7) is 8.35. The van der Waals surface area contributed by atoms with E-state index in [0.717, 1.165) is 6.04 Å². The summed E-state index contributed by atoms with van der Waals surface area (Å²) >= 11 is 0. The average molecular weight is 286 g/mol. The first-order chi connectivity index (χ1) is 10.3. The molecule has 0 bridgehead atoms. The minimum Gasteiger partial charge on any atom is -0.371 e. The third kappa shape index (κ3) is 3.42. The Labute approximate surface area is 129 Å². The lowest BCUT2D eigenvalue weighted by molar-refractivity contribution is 0.250. The molecule has 2 heteroatoms. The van der Waals surface area contributed by atoms with Crippen molar-refractivity contribution in [2.75, 3.05) is 24.5 Å². The summed E-state index contributed by atoms with van der Waals surface area (Å²) in [7, 11) is 0. The topological polar surface area (TPSA) is 15.3 Å². The number of nitrogens with one attached hydrogen (secondary N) is 1. The summed E-state index contributed by atoms with van der Waals surface area (Å²) in [6, 6.07) is 9.82. The van der Waals surface area contributed by atoms with Gasteiger partial charge < -0.3 is 10.2 Å². The van der Waals surface area contributed by atoms with Crippen LogP contribution in [0.5, 0.6) is 0 Å². The second-order valence-electron chi connectivity index (χ2n) is 7.02. The molecule has 21 heavy (non-hydrogen) atoms. The number of nitrogens with zero attached hydrogens (tertiary/aromatic N) is 1.